The number of halogens is 1. The molecule has 1 aromatic rings. The number of hydrogen-bond donors (Lipinski definition) is 0. The largest absolute Gasteiger partial charge is 0.467 e. The zero-order valence-corrected chi connectivity index (χ0v) is 17.4. The maximum Gasteiger partial charge on any atom is 0.334 e. The predicted molar refractivity (Wildman–Crippen MR) is 106 cm³/mol. The number of hydrogen-bond acceptors (Lipinski definition) is 5. The number of amides is 1. The average molecular weight is 406 g/mol. The number of likely N-dealkylation sites (tertiary alicyclic amines) is 1. The molecule has 1 aliphatic carbocycles. The first-order chi connectivity index (χ1) is 14.0. The molecular formula is C22H31FN2O4. The van der Waals surface area contributed by atoms with Crippen LogP contribution in [0.15, 0.2) is 24.3 Å². The molecule has 0 radical (unpaired) electrons. The van der Waals surface area contributed by atoms with Crippen LogP contribution in [0, 0.1) is 11.7 Å². The summed E-state index contributed by atoms with van der Waals surface area (Å²) in [6.07, 6.45) is 6.00. The van der Waals surface area contributed by atoms with E-state index in [2.05, 4.69) is 4.90 Å². The van der Waals surface area contributed by atoms with Crippen LogP contribution < -0.4 is 0 Å². The minimum absolute atomic E-state index is 0.128. The number of ether oxygens (including phenoxy) is 1. The summed E-state index contributed by atoms with van der Waals surface area (Å²) < 4.78 is 19.0. The van der Waals surface area contributed by atoms with Crippen molar-refractivity contribution in [2.45, 2.75) is 57.6 Å². The first-order valence-electron chi connectivity index (χ1n) is 10.4. The highest BCUT2D eigenvalue weighted by atomic mass is 19.1. The fourth-order valence-electron chi connectivity index (χ4n) is 4.61. The monoisotopic (exact) mass is 406 g/mol. The van der Waals surface area contributed by atoms with Crippen molar-refractivity contribution in [2.75, 3.05) is 26.7 Å². The Labute approximate surface area is 171 Å². The topological polar surface area (TPSA) is 59.1 Å². The highest BCUT2D eigenvalue weighted by Crippen LogP contribution is 2.33. The molecule has 1 amide bonds. The van der Waals surface area contributed by atoms with Gasteiger partial charge in [0.25, 0.3) is 0 Å². The highest BCUT2D eigenvalue weighted by Gasteiger charge is 2.50. The van der Waals surface area contributed by atoms with Crippen LogP contribution >= 0.6 is 0 Å². The Balaban J connectivity index is 1.72. The van der Waals surface area contributed by atoms with Gasteiger partial charge in [0.15, 0.2) is 5.54 Å². The lowest BCUT2D eigenvalue weighted by Gasteiger charge is -2.45. The molecule has 6 nitrogen and oxygen atoms in total. The molecule has 7 heteroatoms. The number of esters is 1. The van der Waals surface area contributed by atoms with Crippen molar-refractivity contribution in [3.05, 3.63) is 35.6 Å². The number of rotatable bonds is 7. The maximum absolute atomic E-state index is 14.0. The van der Waals surface area contributed by atoms with Crippen molar-refractivity contribution in [1.29, 1.82) is 0 Å². The van der Waals surface area contributed by atoms with Gasteiger partial charge in [-0.15, -0.1) is 0 Å². The molecule has 1 saturated carbocycles. The Bertz CT molecular complexity index is 713. The van der Waals surface area contributed by atoms with Crippen molar-refractivity contribution in [3.8, 4) is 0 Å². The van der Waals surface area contributed by atoms with Crippen molar-refractivity contribution < 1.29 is 23.6 Å². The van der Waals surface area contributed by atoms with E-state index in [1.165, 1.54) is 45.8 Å². The number of benzene rings is 1. The zero-order chi connectivity index (χ0) is 20.9. The summed E-state index contributed by atoms with van der Waals surface area (Å²) in [4.78, 5) is 33.3. The molecule has 0 aromatic heterocycles. The van der Waals surface area contributed by atoms with E-state index in [4.69, 9.17) is 9.57 Å². The van der Waals surface area contributed by atoms with Crippen LogP contribution in [-0.2, 0) is 25.8 Å². The predicted octanol–water partition coefficient (Wildman–Crippen LogP) is 3.30. The van der Waals surface area contributed by atoms with Gasteiger partial charge in [0, 0.05) is 32.1 Å². The van der Waals surface area contributed by atoms with Gasteiger partial charge < -0.3 is 9.64 Å². The van der Waals surface area contributed by atoms with Gasteiger partial charge in [0.2, 0.25) is 5.91 Å². The summed E-state index contributed by atoms with van der Waals surface area (Å²) in [6, 6.07) is 6.24. The molecule has 3 rings (SSSR count). The highest BCUT2D eigenvalue weighted by molar-refractivity contribution is 5.86. The second-order valence-electron chi connectivity index (χ2n) is 8.15. The molecule has 1 aromatic carbocycles. The molecule has 0 spiro atoms. The molecule has 0 N–H and O–H groups in total. The van der Waals surface area contributed by atoms with Crippen LogP contribution in [0.25, 0.3) is 0 Å². The van der Waals surface area contributed by atoms with Crippen molar-refractivity contribution in [1.82, 2.24) is 9.96 Å². The average Bonchev–Trinajstić information content (AvgIpc) is 3.23. The summed E-state index contributed by atoms with van der Waals surface area (Å²) in [7, 11) is 1.32. The first kappa shape index (κ1) is 21.7. The SMILES string of the molecule is COC(=O)C1(N(OCc2ccccc2F)C(C)=O)CCN(CC2CCCC2)CC1. The standard InChI is InChI=1S/C22H31FN2O4/c1-17(26)25(29-16-19-9-5-6-10-20(19)23)22(21(27)28-2)11-13-24(14-12-22)15-18-7-3-4-8-18/h5-6,9-10,18H,3-4,7-8,11-16H2,1-2H3. The van der Waals surface area contributed by atoms with Crippen LogP contribution in [-0.4, -0.2) is 54.1 Å². The van der Waals surface area contributed by atoms with Crippen molar-refractivity contribution in [2.24, 2.45) is 5.92 Å². The third-order valence-corrected chi connectivity index (χ3v) is 6.22. The molecule has 2 aliphatic rings. The fourth-order valence-corrected chi connectivity index (χ4v) is 4.61. The fraction of sp³-hybridized carbons (Fsp3) is 0.636. The number of carbonyl (C=O) groups excluding carboxylic acids is 2. The van der Waals surface area contributed by atoms with Gasteiger partial charge in [-0.1, -0.05) is 31.0 Å². The van der Waals surface area contributed by atoms with Gasteiger partial charge in [-0.3, -0.25) is 9.63 Å². The van der Waals surface area contributed by atoms with E-state index in [1.54, 1.807) is 18.2 Å². The smallest absolute Gasteiger partial charge is 0.334 e. The third kappa shape index (κ3) is 4.95. The lowest BCUT2D eigenvalue weighted by Crippen LogP contribution is -2.61. The van der Waals surface area contributed by atoms with E-state index in [0.29, 0.717) is 31.5 Å². The quantitative estimate of drug-likeness (QED) is 0.514. The van der Waals surface area contributed by atoms with E-state index < -0.39 is 23.2 Å². The lowest BCUT2D eigenvalue weighted by molar-refractivity contribution is -0.240. The zero-order valence-electron chi connectivity index (χ0n) is 17.4. The van der Waals surface area contributed by atoms with E-state index in [-0.39, 0.29) is 6.61 Å². The first-order valence-corrected chi connectivity index (χ1v) is 10.4. The molecule has 0 unspecified atom stereocenters. The number of carbonyl (C=O) groups is 2. The summed E-state index contributed by atoms with van der Waals surface area (Å²) in [5, 5.41) is 1.12. The molecule has 1 saturated heterocycles. The summed E-state index contributed by atoms with van der Waals surface area (Å²) >= 11 is 0. The Kier molecular flexibility index (Phi) is 7.24. The maximum atomic E-state index is 14.0. The van der Waals surface area contributed by atoms with Crippen LogP contribution in [0.2, 0.25) is 0 Å². The van der Waals surface area contributed by atoms with Crippen LogP contribution in [0.5, 0.6) is 0 Å². The van der Waals surface area contributed by atoms with Gasteiger partial charge in [-0.25, -0.2) is 14.2 Å². The summed E-state index contributed by atoms with van der Waals surface area (Å²) in [6.45, 7) is 3.65. The van der Waals surface area contributed by atoms with E-state index in [1.807, 2.05) is 0 Å². The van der Waals surface area contributed by atoms with Crippen molar-refractivity contribution in [3.63, 3.8) is 0 Å². The minimum atomic E-state index is -1.18. The normalized spacial score (nSPS) is 19.8. The summed E-state index contributed by atoms with van der Waals surface area (Å²) in [5.41, 5.74) is -0.852. The number of nitrogens with zero attached hydrogens (tertiary/aromatic N) is 2. The molecule has 1 heterocycles. The minimum Gasteiger partial charge on any atom is -0.467 e. The van der Waals surface area contributed by atoms with Gasteiger partial charge in [-0.05, 0) is 37.7 Å². The second-order valence-corrected chi connectivity index (χ2v) is 8.15. The number of hydroxylamine groups is 2. The van der Waals surface area contributed by atoms with E-state index in [0.717, 1.165) is 17.5 Å². The molecule has 0 bridgehead atoms. The van der Waals surface area contributed by atoms with Crippen molar-refractivity contribution >= 4 is 11.9 Å². The molecule has 160 valence electrons. The van der Waals surface area contributed by atoms with Crippen LogP contribution in [0.3, 0.4) is 0 Å². The number of piperidine rings is 1. The number of methoxy groups -OCH3 is 1. The Morgan fingerprint density at radius 1 is 1.21 bits per heavy atom. The molecule has 2 fully saturated rings. The summed E-state index contributed by atoms with van der Waals surface area (Å²) in [5.74, 6) is -0.561. The lowest BCUT2D eigenvalue weighted by atomic mass is 9.86. The Morgan fingerprint density at radius 3 is 2.45 bits per heavy atom. The molecule has 29 heavy (non-hydrogen) atoms. The Morgan fingerprint density at radius 2 is 1.86 bits per heavy atom. The van der Waals surface area contributed by atoms with Crippen LogP contribution in [0.4, 0.5) is 4.39 Å². The van der Waals surface area contributed by atoms with E-state index >= 15 is 0 Å². The van der Waals surface area contributed by atoms with Crippen LogP contribution in [0.1, 0.15) is 51.0 Å². The molecular weight excluding hydrogens is 375 g/mol. The van der Waals surface area contributed by atoms with Gasteiger partial charge in [0.1, 0.15) is 12.4 Å². The van der Waals surface area contributed by atoms with Gasteiger partial charge in [0.05, 0.1) is 7.11 Å². The molecule has 0 atom stereocenters. The Hall–Kier alpha value is -1.99. The third-order valence-electron chi connectivity index (χ3n) is 6.22. The second kappa shape index (κ2) is 9.67. The van der Waals surface area contributed by atoms with E-state index in [9.17, 15) is 14.0 Å². The van der Waals surface area contributed by atoms with Gasteiger partial charge in [-0.2, -0.15) is 0 Å². The van der Waals surface area contributed by atoms with Gasteiger partial charge >= 0.3 is 5.97 Å². The molecule has 1 aliphatic heterocycles.